The molecule has 1 heterocycles. The maximum absolute atomic E-state index is 12.0. The first-order valence-corrected chi connectivity index (χ1v) is 8.56. The van der Waals surface area contributed by atoms with Crippen molar-refractivity contribution < 1.29 is 9.90 Å². The lowest BCUT2D eigenvalue weighted by Gasteiger charge is -2.12. The predicted octanol–water partition coefficient (Wildman–Crippen LogP) is 3.88. The molecule has 3 nitrogen and oxygen atoms in total. The van der Waals surface area contributed by atoms with Crippen molar-refractivity contribution in [1.82, 2.24) is 5.32 Å². The third kappa shape index (κ3) is 4.18. The van der Waals surface area contributed by atoms with Crippen molar-refractivity contribution in [2.45, 2.75) is 39.3 Å². The zero-order chi connectivity index (χ0) is 15.9. The average Bonchev–Trinajstić information content (AvgIpc) is 3.03. The molecule has 0 saturated carbocycles. The van der Waals surface area contributed by atoms with Gasteiger partial charge in [0, 0.05) is 15.7 Å². The van der Waals surface area contributed by atoms with E-state index >= 15 is 0 Å². The van der Waals surface area contributed by atoms with Gasteiger partial charge >= 0.3 is 0 Å². The van der Waals surface area contributed by atoms with Crippen molar-refractivity contribution in [2.75, 3.05) is 0 Å². The number of nitrogens with one attached hydrogen (secondary N) is 1. The number of thiophene rings is 1. The molecule has 1 atom stereocenters. The molecule has 2 N–H and O–H groups in total. The monoisotopic (exact) mass is 317 g/mol. The van der Waals surface area contributed by atoms with Gasteiger partial charge in [-0.25, -0.2) is 0 Å². The van der Waals surface area contributed by atoms with E-state index in [9.17, 15) is 9.90 Å². The summed E-state index contributed by atoms with van der Waals surface area (Å²) in [7, 11) is 0. The minimum absolute atomic E-state index is 0.0920. The second kappa shape index (κ2) is 8.11. The second-order valence-corrected chi connectivity index (χ2v) is 6.55. The van der Waals surface area contributed by atoms with E-state index in [0.717, 1.165) is 28.2 Å². The van der Waals surface area contributed by atoms with Crippen molar-refractivity contribution in [1.29, 1.82) is 0 Å². The highest BCUT2D eigenvalue weighted by molar-refractivity contribution is 7.12. The van der Waals surface area contributed by atoms with Crippen LogP contribution in [0.1, 0.15) is 48.1 Å². The SMILES string of the molecule is CCC(CC)C(=O)NCc1ccc(C(O)c2ccccc2)s1. The molecule has 0 bridgehead atoms. The van der Waals surface area contributed by atoms with Crippen LogP contribution in [0.5, 0.6) is 0 Å². The number of aliphatic hydroxyl groups excluding tert-OH is 1. The van der Waals surface area contributed by atoms with Gasteiger partial charge in [0.15, 0.2) is 0 Å². The number of aliphatic hydroxyl groups is 1. The van der Waals surface area contributed by atoms with Crippen LogP contribution in [0, 0.1) is 5.92 Å². The van der Waals surface area contributed by atoms with E-state index < -0.39 is 6.10 Å². The van der Waals surface area contributed by atoms with Crippen LogP contribution in [0.4, 0.5) is 0 Å². The van der Waals surface area contributed by atoms with Crippen LogP contribution >= 0.6 is 11.3 Å². The minimum Gasteiger partial charge on any atom is -0.383 e. The zero-order valence-corrected chi connectivity index (χ0v) is 13.9. The third-order valence-corrected chi connectivity index (χ3v) is 5.00. The largest absolute Gasteiger partial charge is 0.383 e. The highest BCUT2D eigenvalue weighted by Gasteiger charge is 2.15. The molecule has 0 aliphatic heterocycles. The van der Waals surface area contributed by atoms with E-state index in [-0.39, 0.29) is 11.8 Å². The lowest BCUT2D eigenvalue weighted by Crippen LogP contribution is -2.29. The Bertz CT molecular complexity index is 590. The quantitative estimate of drug-likeness (QED) is 0.814. The van der Waals surface area contributed by atoms with Gasteiger partial charge in [0.1, 0.15) is 6.10 Å². The summed E-state index contributed by atoms with van der Waals surface area (Å²) in [6.45, 7) is 4.60. The fraction of sp³-hybridized carbons (Fsp3) is 0.389. The Morgan fingerprint density at radius 1 is 1.14 bits per heavy atom. The van der Waals surface area contributed by atoms with Gasteiger partial charge in [-0.05, 0) is 30.5 Å². The summed E-state index contributed by atoms with van der Waals surface area (Å²) in [5, 5.41) is 13.4. The van der Waals surface area contributed by atoms with Gasteiger partial charge in [0.2, 0.25) is 5.91 Å². The number of hydrogen-bond acceptors (Lipinski definition) is 3. The molecule has 0 saturated heterocycles. The first-order chi connectivity index (χ1) is 10.7. The molecule has 0 aliphatic rings. The molecule has 1 amide bonds. The molecule has 1 unspecified atom stereocenters. The van der Waals surface area contributed by atoms with E-state index in [1.54, 1.807) is 0 Å². The van der Waals surface area contributed by atoms with Crippen molar-refractivity contribution in [3.63, 3.8) is 0 Å². The molecule has 0 spiro atoms. The predicted molar refractivity (Wildman–Crippen MR) is 90.7 cm³/mol. The first kappa shape index (κ1) is 16.7. The van der Waals surface area contributed by atoms with E-state index in [2.05, 4.69) is 5.32 Å². The number of carbonyl (C=O) groups excluding carboxylic acids is 1. The summed E-state index contributed by atoms with van der Waals surface area (Å²) in [5.41, 5.74) is 0.886. The normalized spacial score (nSPS) is 12.4. The summed E-state index contributed by atoms with van der Waals surface area (Å²) in [5.74, 6) is 0.206. The molecule has 0 aliphatic carbocycles. The second-order valence-electron chi connectivity index (χ2n) is 5.35. The van der Waals surface area contributed by atoms with Gasteiger partial charge in [-0.15, -0.1) is 11.3 Å². The highest BCUT2D eigenvalue weighted by Crippen LogP contribution is 2.28. The Balaban J connectivity index is 1.96. The van der Waals surface area contributed by atoms with Crippen molar-refractivity contribution in [3.05, 3.63) is 57.8 Å². The number of carbonyl (C=O) groups is 1. The lowest BCUT2D eigenvalue weighted by molar-refractivity contribution is -0.125. The molecule has 4 heteroatoms. The summed E-state index contributed by atoms with van der Waals surface area (Å²) in [6, 6.07) is 13.5. The number of hydrogen-bond donors (Lipinski definition) is 2. The standard InChI is InChI=1S/C18H23NO2S/c1-3-13(4-2)18(21)19-12-15-10-11-16(22-15)17(20)14-8-6-5-7-9-14/h5-11,13,17,20H,3-4,12H2,1-2H3,(H,19,21). The Labute approximate surface area is 136 Å². The molecule has 0 fully saturated rings. The van der Waals surface area contributed by atoms with Gasteiger partial charge in [-0.2, -0.15) is 0 Å². The van der Waals surface area contributed by atoms with Crippen molar-refractivity contribution in [2.24, 2.45) is 5.92 Å². The van der Waals surface area contributed by atoms with Gasteiger partial charge in [0.05, 0.1) is 6.54 Å². The Morgan fingerprint density at radius 3 is 2.45 bits per heavy atom. The average molecular weight is 317 g/mol. The molecule has 118 valence electrons. The maximum atomic E-state index is 12.0. The van der Waals surface area contributed by atoms with Gasteiger partial charge < -0.3 is 10.4 Å². The maximum Gasteiger partial charge on any atom is 0.223 e. The van der Waals surface area contributed by atoms with Gasteiger partial charge in [-0.1, -0.05) is 44.2 Å². The first-order valence-electron chi connectivity index (χ1n) is 7.75. The molecule has 1 aromatic heterocycles. The lowest BCUT2D eigenvalue weighted by atomic mass is 10.0. The molecule has 1 aromatic carbocycles. The van der Waals surface area contributed by atoms with Crippen LogP contribution < -0.4 is 5.32 Å². The van der Waals surface area contributed by atoms with Gasteiger partial charge in [0.25, 0.3) is 0 Å². The fourth-order valence-electron chi connectivity index (χ4n) is 2.41. The van der Waals surface area contributed by atoms with Gasteiger partial charge in [-0.3, -0.25) is 4.79 Å². The number of amides is 1. The fourth-order valence-corrected chi connectivity index (χ4v) is 3.38. The molecule has 0 radical (unpaired) electrons. The van der Waals surface area contributed by atoms with Crippen LogP contribution in [0.2, 0.25) is 0 Å². The Morgan fingerprint density at radius 2 is 1.82 bits per heavy atom. The summed E-state index contributed by atoms with van der Waals surface area (Å²) in [4.78, 5) is 13.9. The Hall–Kier alpha value is -1.65. The van der Waals surface area contributed by atoms with Crippen LogP contribution in [-0.4, -0.2) is 11.0 Å². The summed E-state index contributed by atoms with van der Waals surface area (Å²) in [6.07, 6.45) is 1.13. The highest BCUT2D eigenvalue weighted by atomic mass is 32.1. The van der Waals surface area contributed by atoms with E-state index in [1.807, 2.05) is 56.3 Å². The molecule has 22 heavy (non-hydrogen) atoms. The molecular formula is C18H23NO2S. The minimum atomic E-state index is -0.602. The zero-order valence-electron chi connectivity index (χ0n) is 13.1. The van der Waals surface area contributed by atoms with E-state index in [4.69, 9.17) is 0 Å². The van der Waals surface area contributed by atoms with Crippen molar-refractivity contribution >= 4 is 17.2 Å². The molecular weight excluding hydrogens is 294 g/mol. The Kier molecular flexibility index (Phi) is 6.16. The number of benzene rings is 1. The molecule has 2 aromatic rings. The van der Waals surface area contributed by atoms with Crippen molar-refractivity contribution in [3.8, 4) is 0 Å². The smallest absolute Gasteiger partial charge is 0.223 e. The topological polar surface area (TPSA) is 49.3 Å². The third-order valence-electron chi connectivity index (χ3n) is 3.86. The van der Waals surface area contributed by atoms with Crippen LogP contribution in [-0.2, 0) is 11.3 Å². The molecule has 2 rings (SSSR count). The van der Waals surface area contributed by atoms with Crippen LogP contribution in [0.15, 0.2) is 42.5 Å². The summed E-state index contributed by atoms with van der Waals surface area (Å²) < 4.78 is 0. The van der Waals surface area contributed by atoms with E-state index in [0.29, 0.717) is 6.54 Å². The number of rotatable bonds is 7. The van der Waals surface area contributed by atoms with Crippen LogP contribution in [0.3, 0.4) is 0 Å². The van der Waals surface area contributed by atoms with E-state index in [1.165, 1.54) is 11.3 Å². The van der Waals surface area contributed by atoms with Crippen LogP contribution in [0.25, 0.3) is 0 Å². The summed E-state index contributed by atoms with van der Waals surface area (Å²) >= 11 is 1.54.